The summed E-state index contributed by atoms with van der Waals surface area (Å²) in [5.41, 5.74) is 0.580. The number of nitrogens with one attached hydrogen (secondary N) is 1. The second kappa shape index (κ2) is 5.66. The summed E-state index contributed by atoms with van der Waals surface area (Å²) >= 11 is 0. The molecule has 0 atom stereocenters. The summed E-state index contributed by atoms with van der Waals surface area (Å²) in [5, 5.41) is 6.96. The highest BCUT2D eigenvalue weighted by molar-refractivity contribution is 5.56. The molecule has 106 valence electrons. The fraction of sp³-hybridized carbons (Fsp3) is 0.0714. The molecular weight excluding hydrogens is 276 g/mol. The van der Waals surface area contributed by atoms with Crippen LogP contribution in [0.15, 0.2) is 49.2 Å². The van der Waals surface area contributed by atoms with Crippen molar-refractivity contribution in [1.29, 1.82) is 0 Å². The molecule has 2 aromatic heterocycles. The molecule has 0 bridgehead atoms. The molecule has 7 heteroatoms. The summed E-state index contributed by atoms with van der Waals surface area (Å²) < 4.78 is 28.7. The minimum absolute atomic E-state index is 0.00585. The standard InChI is InChI=1S/C14H11F2N5/c15-11-3-1-4-12(16)10(11)7-19-13-5-2-6-18-14(13)21-9-17-8-20-21/h1-6,8-9,19H,7H2. The van der Waals surface area contributed by atoms with Crippen molar-refractivity contribution in [3.8, 4) is 5.82 Å². The second-order valence-corrected chi connectivity index (χ2v) is 4.27. The van der Waals surface area contributed by atoms with Crippen LogP contribution in [-0.4, -0.2) is 19.7 Å². The van der Waals surface area contributed by atoms with Crippen LogP contribution in [0.25, 0.3) is 5.82 Å². The molecule has 1 N–H and O–H groups in total. The third-order valence-corrected chi connectivity index (χ3v) is 2.94. The first kappa shape index (κ1) is 13.2. The Labute approximate surface area is 119 Å². The average Bonchev–Trinajstić information content (AvgIpc) is 3.01. The highest BCUT2D eigenvalue weighted by Crippen LogP contribution is 2.19. The van der Waals surface area contributed by atoms with Crippen LogP contribution in [0.4, 0.5) is 14.5 Å². The Bertz CT molecular complexity index is 723. The Balaban J connectivity index is 1.86. The maximum absolute atomic E-state index is 13.6. The normalized spacial score (nSPS) is 10.6. The van der Waals surface area contributed by atoms with Crippen molar-refractivity contribution < 1.29 is 8.78 Å². The molecule has 1 aromatic carbocycles. The van der Waals surface area contributed by atoms with Gasteiger partial charge in [0.15, 0.2) is 5.82 Å². The second-order valence-electron chi connectivity index (χ2n) is 4.27. The maximum atomic E-state index is 13.6. The van der Waals surface area contributed by atoms with E-state index in [0.29, 0.717) is 11.5 Å². The van der Waals surface area contributed by atoms with Crippen LogP contribution in [0.2, 0.25) is 0 Å². The number of aromatic nitrogens is 4. The van der Waals surface area contributed by atoms with E-state index in [1.807, 2.05) is 0 Å². The molecule has 2 heterocycles. The van der Waals surface area contributed by atoms with Crippen molar-refractivity contribution in [3.05, 3.63) is 66.4 Å². The van der Waals surface area contributed by atoms with Gasteiger partial charge in [-0.1, -0.05) is 6.07 Å². The van der Waals surface area contributed by atoms with Crippen molar-refractivity contribution in [2.45, 2.75) is 6.54 Å². The van der Waals surface area contributed by atoms with E-state index in [1.54, 1.807) is 18.3 Å². The lowest BCUT2D eigenvalue weighted by Gasteiger charge is -2.11. The molecule has 0 aliphatic heterocycles. The first-order chi connectivity index (χ1) is 10.3. The van der Waals surface area contributed by atoms with Crippen LogP contribution < -0.4 is 5.32 Å². The molecule has 0 aliphatic rings. The molecule has 0 amide bonds. The van der Waals surface area contributed by atoms with Crippen molar-refractivity contribution in [1.82, 2.24) is 19.7 Å². The molecule has 0 aliphatic carbocycles. The maximum Gasteiger partial charge on any atom is 0.178 e. The van der Waals surface area contributed by atoms with Gasteiger partial charge >= 0.3 is 0 Å². The number of hydrogen-bond donors (Lipinski definition) is 1. The fourth-order valence-electron chi connectivity index (χ4n) is 1.92. The van der Waals surface area contributed by atoms with Gasteiger partial charge in [0.2, 0.25) is 0 Å². The first-order valence-electron chi connectivity index (χ1n) is 6.22. The average molecular weight is 287 g/mol. The Morgan fingerprint density at radius 2 is 1.90 bits per heavy atom. The highest BCUT2D eigenvalue weighted by Gasteiger charge is 2.10. The fourth-order valence-corrected chi connectivity index (χ4v) is 1.92. The molecule has 0 fully saturated rings. The third-order valence-electron chi connectivity index (χ3n) is 2.94. The van der Waals surface area contributed by atoms with E-state index in [-0.39, 0.29) is 12.1 Å². The van der Waals surface area contributed by atoms with Gasteiger partial charge in [-0.25, -0.2) is 23.4 Å². The number of pyridine rings is 1. The quantitative estimate of drug-likeness (QED) is 0.801. The van der Waals surface area contributed by atoms with E-state index >= 15 is 0 Å². The van der Waals surface area contributed by atoms with E-state index < -0.39 is 11.6 Å². The van der Waals surface area contributed by atoms with Gasteiger partial charge in [-0.2, -0.15) is 5.10 Å². The molecule has 21 heavy (non-hydrogen) atoms. The van der Waals surface area contributed by atoms with Gasteiger partial charge in [-0.3, -0.25) is 0 Å². The lowest BCUT2D eigenvalue weighted by atomic mass is 10.2. The monoisotopic (exact) mass is 287 g/mol. The predicted molar refractivity (Wildman–Crippen MR) is 72.8 cm³/mol. The van der Waals surface area contributed by atoms with Crippen molar-refractivity contribution in [2.75, 3.05) is 5.32 Å². The zero-order valence-electron chi connectivity index (χ0n) is 10.9. The van der Waals surface area contributed by atoms with Crippen molar-refractivity contribution >= 4 is 5.69 Å². The van der Waals surface area contributed by atoms with Crippen molar-refractivity contribution in [2.24, 2.45) is 0 Å². The molecular formula is C14H11F2N5. The van der Waals surface area contributed by atoms with Gasteiger partial charge < -0.3 is 5.32 Å². The number of hydrogen-bond acceptors (Lipinski definition) is 4. The van der Waals surface area contributed by atoms with Gasteiger partial charge in [0.25, 0.3) is 0 Å². The van der Waals surface area contributed by atoms with Crippen molar-refractivity contribution in [3.63, 3.8) is 0 Å². The first-order valence-corrected chi connectivity index (χ1v) is 6.22. The number of benzene rings is 1. The zero-order valence-corrected chi connectivity index (χ0v) is 10.9. The lowest BCUT2D eigenvalue weighted by Crippen LogP contribution is -2.08. The van der Waals surface area contributed by atoms with Crippen LogP contribution in [-0.2, 0) is 6.54 Å². The number of halogens is 2. The minimum atomic E-state index is -0.589. The lowest BCUT2D eigenvalue weighted by molar-refractivity contribution is 0.560. The Hall–Kier alpha value is -2.83. The molecule has 0 saturated heterocycles. The Morgan fingerprint density at radius 1 is 1.10 bits per heavy atom. The number of anilines is 1. The van der Waals surface area contributed by atoms with Crippen LogP contribution in [0.3, 0.4) is 0 Å². The van der Waals surface area contributed by atoms with E-state index in [4.69, 9.17) is 0 Å². The molecule has 3 aromatic rings. The Kier molecular flexibility index (Phi) is 3.55. The van der Waals surface area contributed by atoms with E-state index in [1.165, 1.54) is 35.5 Å². The van der Waals surface area contributed by atoms with Crippen LogP contribution in [0.5, 0.6) is 0 Å². The summed E-state index contributed by atoms with van der Waals surface area (Å²) in [4.78, 5) is 8.04. The van der Waals surface area contributed by atoms with E-state index in [2.05, 4.69) is 20.4 Å². The molecule has 0 spiro atoms. The summed E-state index contributed by atoms with van der Waals surface area (Å²) in [7, 11) is 0. The smallest absolute Gasteiger partial charge is 0.178 e. The number of nitrogens with zero attached hydrogens (tertiary/aromatic N) is 4. The van der Waals surface area contributed by atoms with Crippen LogP contribution in [0.1, 0.15) is 5.56 Å². The highest BCUT2D eigenvalue weighted by atomic mass is 19.1. The summed E-state index contributed by atoms with van der Waals surface area (Å²) in [6.07, 6.45) is 4.48. The molecule has 3 rings (SSSR count). The number of rotatable bonds is 4. The molecule has 5 nitrogen and oxygen atoms in total. The Morgan fingerprint density at radius 3 is 2.62 bits per heavy atom. The summed E-state index contributed by atoms with van der Waals surface area (Å²) in [6.45, 7) is 0.00585. The van der Waals surface area contributed by atoms with Gasteiger partial charge in [0.05, 0.1) is 5.69 Å². The van der Waals surface area contributed by atoms with Gasteiger partial charge in [0.1, 0.15) is 24.3 Å². The van der Waals surface area contributed by atoms with Gasteiger partial charge in [-0.15, -0.1) is 0 Å². The largest absolute Gasteiger partial charge is 0.378 e. The third kappa shape index (κ3) is 2.71. The SMILES string of the molecule is Fc1cccc(F)c1CNc1cccnc1-n1cncn1. The van der Waals surface area contributed by atoms with Crippen LogP contribution in [0, 0.1) is 11.6 Å². The zero-order chi connectivity index (χ0) is 14.7. The topological polar surface area (TPSA) is 55.6 Å². The van der Waals surface area contributed by atoms with Crippen LogP contribution >= 0.6 is 0 Å². The van der Waals surface area contributed by atoms with E-state index in [0.717, 1.165) is 0 Å². The van der Waals surface area contributed by atoms with Gasteiger partial charge in [-0.05, 0) is 24.3 Å². The van der Waals surface area contributed by atoms with Gasteiger partial charge in [0, 0.05) is 18.3 Å². The predicted octanol–water partition coefficient (Wildman–Crippen LogP) is 2.55. The molecule has 0 saturated carbocycles. The minimum Gasteiger partial charge on any atom is -0.378 e. The molecule has 0 radical (unpaired) electrons. The van der Waals surface area contributed by atoms with E-state index in [9.17, 15) is 8.78 Å². The summed E-state index contributed by atoms with van der Waals surface area (Å²) in [6, 6.07) is 7.26. The summed E-state index contributed by atoms with van der Waals surface area (Å²) in [5.74, 6) is -0.672. The molecule has 0 unspecified atom stereocenters.